The summed E-state index contributed by atoms with van der Waals surface area (Å²) in [7, 11) is 0. The second-order valence-corrected chi connectivity index (χ2v) is 11.0. The van der Waals surface area contributed by atoms with Crippen molar-refractivity contribution in [1.82, 2.24) is 25.6 Å². The van der Waals surface area contributed by atoms with Crippen LogP contribution in [0.1, 0.15) is 74.0 Å². The highest BCUT2D eigenvalue weighted by Crippen LogP contribution is 2.40. The molecular formula is C29H34F3N5O3. The second kappa shape index (κ2) is 11.1. The summed E-state index contributed by atoms with van der Waals surface area (Å²) in [4.78, 5) is 37.1. The summed E-state index contributed by atoms with van der Waals surface area (Å²) in [6.07, 6.45) is 1.42. The molecule has 2 amide bonds. The first kappa shape index (κ1) is 27.9. The second-order valence-electron chi connectivity index (χ2n) is 11.0. The number of ether oxygens (including phenoxy) is 1. The molecule has 1 aromatic carbocycles. The molecule has 0 aliphatic heterocycles. The van der Waals surface area contributed by atoms with Gasteiger partial charge in [0.15, 0.2) is 0 Å². The topological polar surface area (TPSA) is 109 Å². The van der Waals surface area contributed by atoms with Crippen LogP contribution >= 0.6 is 0 Å². The molecule has 214 valence electrons. The highest BCUT2D eigenvalue weighted by molar-refractivity contribution is 6.09. The summed E-state index contributed by atoms with van der Waals surface area (Å²) >= 11 is 0. The minimum atomic E-state index is -4.54. The van der Waals surface area contributed by atoms with Crippen molar-refractivity contribution in [3.8, 4) is 17.0 Å². The smallest absolute Gasteiger partial charge is 0.416 e. The van der Waals surface area contributed by atoms with Crippen molar-refractivity contribution < 1.29 is 27.5 Å². The van der Waals surface area contributed by atoms with Crippen LogP contribution in [0.2, 0.25) is 0 Å². The molecule has 0 unspecified atom stereocenters. The number of hydrogen-bond donors (Lipinski definition) is 3. The molecule has 0 radical (unpaired) electrons. The van der Waals surface area contributed by atoms with E-state index in [-0.39, 0.29) is 41.1 Å². The molecule has 40 heavy (non-hydrogen) atoms. The van der Waals surface area contributed by atoms with E-state index in [4.69, 9.17) is 4.74 Å². The third-order valence-corrected chi connectivity index (χ3v) is 7.90. The number of carbonyl (C=O) groups excluding carboxylic acids is 2. The van der Waals surface area contributed by atoms with Gasteiger partial charge in [-0.05, 0) is 69.1 Å². The number of halogens is 3. The molecule has 2 aliphatic carbocycles. The normalized spacial score (nSPS) is 21.3. The van der Waals surface area contributed by atoms with E-state index in [0.717, 1.165) is 37.8 Å². The molecule has 11 heteroatoms. The number of hydrogen-bond acceptors (Lipinski definition) is 5. The summed E-state index contributed by atoms with van der Waals surface area (Å²) < 4.78 is 46.8. The minimum absolute atomic E-state index is 0.0195. The van der Waals surface area contributed by atoms with Gasteiger partial charge in [0.25, 0.3) is 5.91 Å². The largest absolute Gasteiger partial charge is 0.493 e. The summed E-state index contributed by atoms with van der Waals surface area (Å²) in [5.74, 6) is 0.618. The van der Waals surface area contributed by atoms with Crippen molar-refractivity contribution in [1.29, 1.82) is 0 Å². The minimum Gasteiger partial charge on any atom is -0.493 e. The van der Waals surface area contributed by atoms with E-state index in [1.54, 1.807) is 6.92 Å². The highest BCUT2D eigenvalue weighted by atomic mass is 19.4. The molecule has 5 rings (SSSR count). The van der Waals surface area contributed by atoms with Crippen LogP contribution in [0.4, 0.5) is 13.2 Å². The van der Waals surface area contributed by atoms with Gasteiger partial charge in [0.1, 0.15) is 23.3 Å². The zero-order chi connectivity index (χ0) is 28.6. The van der Waals surface area contributed by atoms with Crippen molar-refractivity contribution in [3.05, 3.63) is 41.3 Å². The van der Waals surface area contributed by atoms with Crippen LogP contribution in [0, 0.1) is 18.8 Å². The first-order valence-corrected chi connectivity index (χ1v) is 13.8. The van der Waals surface area contributed by atoms with Gasteiger partial charge in [-0.15, -0.1) is 0 Å². The van der Waals surface area contributed by atoms with Crippen molar-refractivity contribution in [3.63, 3.8) is 0 Å². The summed E-state index contributed by atoms with van der Waals surface area (Å²) in [6.45, 7) is 6.04. The van der Waals surface area contributed by atoms with Crippen LogP contribution in [0.15, 0.2) is 24.5 Å². The molecule has 2 saturated carbocycles. The molecule has 8 nitrogen and oxygen atoms in total. The zero-order valence-electron chi connectivity index (χ0n) is 22.8. The molecule has 2 heterocycles. The van der Waals surface area contributed by atoms with Gasteiger partial charge >= 0.3 is 6.18 Å². The Balaban J connectivity index is 1.43. The van der Waals surface area contributed by atoms with Crippen LogP contribution < -0.4 is 15.4 Å². The Morgan fingerprint density at radius 2 is 1.90 bits per heavy atom. The van der Waals surface area contributed by atoms with E-state index >= 15 is 0 Å². The average Bonchev–Trinajstić information content (AvgIpc) is 3.67. The van der Waals surface area contributed by atoms with Gasteiger partial charge in [0, 0.05) is 29.8 Å². The number of fused-ring (bicyclic) bond motifs is 1. The Bertz CT molecular complexity index is 1420. The van der Waals surface area contributed by atoms with Crippen LogP contribution in [0.5, 0.6) is 5.75 Å². The molecule has 0 spiro atoms. The first-order chi connectivity index (χ1) is 19.0. The Morgan fingerprint density at radius 3 is 2.58 bits per heavy atom. The van der Waals surface area contributed by atoms with Crippen LogP contribution in [0.3, 0.4) is 0 Å². The number of carbonyl (C=O) groups is 2. The maximum absolute atomic E-state index is 13.6. The summed E-state index contributed by atoms with van der Waals surface area (Å²) in [5, 5.41) is 6.16. The number of benzene rings is 1. The monoisotopic (exact) mass is 557 g/mol. The molecule has 0 saturated heterocycles. The van der Waals surface area contributed by atoms with Gasteiger partial charge < -0.3 is 20.4 Å². The van der Waals surface area contributed by atoms with E-state index in [0.29, 0.717) is 53.4 Å². The number of alkyl halides is 3. The molecule has 2 aromatic heterocycles. The molecule has 2 fully saturated rings. The van der Waals surface area contributed by atoms with Crippen molar-refractivity contribution >= 4 is 22.8 Å². The van der Waals surface area contributed by atoms with Gasteiger partial charge in [-0.1, -0.05) is 13.8 Å². The van der Waals surface area contributed by atoms with E-state index in [1.807, 2.05) is 6.92 Å². The van der Waals surface area contributed by atoms with E-state index in [1.165, 1.54) is 12.4 Å². The molecule has 3 atom stereocenters. The molecule has 0 bridgehead atoms. The number of H-pyrrole nitrogens is 1. The van der Waals surface area contributed by atoms with E-state index in [9.17, 15) is 22.8 Å². The van der Waals surface area contributed by atoms with Crippen molar-refractivity contribution in [2.75, 3.05) is 6.61 Å². The Kier molecular flexibility index (Phi) is 7.74. The van der Waals surface area contributed by atoms with Gasteiger partial charge in [-0.25, -0.2) is 9.97 Å². The zero-order valence-corrected chi connectivity index (χ0v) is 22.8. The highest BCUT2D eigenvalue weighted by Gasteiger charge is 2.33. The SMILES string of the molecule is CCC(=O)N[C@H]1CC[C@@H](NC(=O)c2c(C)[nH]c3c(-c4cc(C(F)(F)F)ccc4OCC4CC4)ncnc23)C[C@H]1C. The standard InChI is InChI=1S/C29H34F3N5O3/c1-4-23(38)37-21-9-8-19(11-15(21)2)36-28(39)24-16(3)35-27-25(33-14-34-26(24)27)20-12-18(29(30,31)32)7-10-22(20)40-13-17-5-6-17/h7,10,12,14-15,17,19,21,35H,4-6,8-9,11,13H2,1-3H3,(H,36,39)(H,37,38)/t15-,19-,21+/m1/s1. The number of aryl methyl sites for hydroxylation is 1. The number of aromatic nitrogens is 3. The fraction of sp³-hybridized carbons (Fsp3) is 0.517. The predicted molar refractivity (Wildman–Crippen MR) is 144 cm³/mol. The third kappa shape index (κ3) is 5.93. The fourth-order valence-electron chi connectivity index (χ4n) is 5.42. The van der Waals surface area contributed by atoms with E-state index in [2.05, 4.69) is 32.5 Å². The number of nitrogens with one attached hydrogen (secondary N) is 3. The fourth-order valence-corrected chi connectivity index (χ4v) is 5.42. The number of amides is 2. The van der Waals surface area contributed by atoms with Crippen molar-refractivity contribution in [2.24, 2.45) is 11.8 Å². The molecule has 3 aromatic rings. The maximum Gasteiger partial charge on any atom is 0.416 e. The Labute approximate surface area is 230 Å². The Hall–Kier alpha value is -3.63. The number of nitrogens with zero attached hydrogens (tertiary/aromatic N) is 2. The quantitative estimate of drug-likeness (QED) is 0.336. The summed E-state index contributed by atoms with van der Waals surface area (Å²) in [6, 6.07) is 3.38. The molecule has 3 N–H and O–H groups in total. The maximum atomic E-state index is 13.6. The van der Waals surface area contributed by atoms with Crippen molar-refractivity contribution in [2.45, 2.75) is 77.6 Å². The summed E-state index contributed by atoms with van der Waals surface area (Å²) in [5.41, 5.74) is 1.21. The van der Waals surface area contributed by atoms with Gasteiger partial charge in [-0.2, -0.15) is 13.2 Å². The lowest BCUT2D eigenvalue weighted by molar-refractivity contribution is -0.137. The van der Waals surface area contributed by atoms with Crippen LogP contribution in [-0.4, -0.2) is 45.5 Å². The van der Waals surface area contributed by atoms with E-state index < -0.39 is 11.7 Å². The van der Waals surface area contributed by atoms with Crippen LogP contribution in [0.25, 0.3) is 22.3 Å². The first-order valence-electron chi connectivity index (χ1n) is 13.8. The van der Waals surface area contributed by atoms with Gasteiger partial charge in [0.2, 0.25) is 5.91 Å². The molecule has 2 aliphatic rings. The lowest BCUT2D eigenvalue weighted by Crippen LogP contribution is -2.48. The Morgan fingerprint density at radius 1 is 1.12 bits per heavy atom. The van der Waals surface area contributed by atoms with Gasteiger partial charge in [0.05, 0.1) is 23.3 Å². The number of rotatable bonds is 8. The predicted octanol–water partition coefficient (Wildman–Crippen LogP) is 5.55. The van der Waals surface area contributed by atoms with Gasteiger partial charge in [-0.3, -0.25) is 9.59 Å². The third-order valence-electron chi connectivity index (χ3n) is 7.90. The van der Waals surface area contributed by atoms with Crippen LogP contribution in [-0.2, 0) is 11.0 Å². The lowest BCUT2D eigenvalue weighted by atomic mass is 9.82. The average molecular weight is 558 g/mol. The molecular weight excluding hydrogens is 523 g/mol. The lowest BCUT2D eigenvalue weighted by Gasteiger charge is -2.35. The number of aromatic amines is 1.